The molecule has 132 valence electrons. The van der Waals surface area contributed by atoms with Gasteiger partial charge in [0.05, 0.1) is 22.4 Å². The van der Waals surface area contributed by atoms with E-state index < -0.39 is 34.5 Å². The summed E-state index contributed by atoms with van der Waals surface area (Å²) < 4.78 is 38.4. The second-order valence-corrected chi connectivity index (χ2v) is 6.18. The summed E-state index contributed by atoms with van der Waals surface area (Å²) in [6, 6.07) is 3.18. The van der Waals surface area contributed by atoms with Gasteiger partial charge in [-0.1, -0.05) is 24.9 Å². The molecule has 0 aliphatic heterocycles. The molecule has 2 amide bonds. The highest BCUT2D eigenvalue weighted by molar-refractivity contribution is 6.31. The number of hydrogen-bond donors (Lipinski definition) is 2. The molecule has 1 aromatic carbocycles. The van der Waals surface area contributed by atoms with E-state index in [9.17, 15) is 22.8 Å². The predicted octanol–water partition coefficient (Wildman–Crippen LogP) is 3.85. The lowest BCUT2D eigenvalue weighted by atomic mass is 10.2. The lowest BCUT2D eigenvalue weighted by molar-refractivity contribution is -0.137. The number of amides is 2. The zero-order chi connectivity index (χ0) is 17.9. The van der Waals surface area contributed by atoms with Crippen LogP contribution < -0.4 is 10.6 Å². The molecule has 0 aromatic heterocycles. The molecular weight excluding hydrogens is 345 g/mol. The summed E-state index contributed by atoms with van der Waals surface area (Å²) in [5, 5.41) is 4.73. The topological polar surface area (TPSA) is 58.2 Å². The van der Waals surface area contributed by atoms with Gasteiger partial charge in [-0.25, -0.2) is 0 Å². The second-order valence-electron chi connectivity index (χ2n) is 5.77. The highest BCUT2D eigenvalue weighted by atomic mass is 35.5. The molecule has 1 aliphatic carbocycles. The van der Waals surface area contributed by atoms with Gasteiger partial charge < -0.3 is 10.6 Å². The van der Waals surface area contributed by atoms with E-state index in [1.165, 1.54) is 6.07 Å². The molecule has 24 heavy (non-hydrogen) atoms. The Hall–Kier alpha value is -1.76. The highest BCUT2D eigenvalue weighted by Gasteiger charge is 2.48. The van der Waals surface area contributed by atoms with Gasteiger partial charge >= 0.3 is 6.18 Å². The first-order valence-electron chi connectivity index (χ1n) is 7.69. The SMILES string of the molecule is CCCCNC(=O)C1CC1C(=O)Nc1ccc(Cl)c(C(F)(F)F)c1. The molecule has 0 heterocycles. The van der Waals surface area contributed by atoms with E-state index in [1.54, 1.807) is 0 Å². The number of rotatable bonds is 6. The van der Waals surface area contributed by atoms with Gasteiger partial charge in [0.25, 0.3) is 0 Å². The summed E-state index contributed by atoms with van der Waals surface area (Å²) in [5.74, 6) is -1.55. The van der Waals surface area contributed by atoms with Crippen LogP contribution in [0.2, 0.25) is 5.02 Å². The first-order valence-corrected chi connectivity index (χ1v) is 8.07. The number of unbranched alkanes of at least 4 members (excludes halogenated alkanes) is 1. The maximum Gasteiger partial charge on any atom is 0.417 e. The average Bonchev–Trinajstić information content (AvgIpc) is 3.29. The minimum Gasteiger partial charge on any atom is -0.356 e. The Morgan fingerprint density at radius 2 is 1.92 bits per heavy atom. The Morgan fingerprint density at radius 1 is 1.25 bits per heavy atom. The van der Waals surface area contributed by atoms with Gasteiger partial charge in [0.2, 0.25) is 11.8 Å². The number of carbonyl (C=O) groups excluding carboxylic acids is 2. The van der Waals surface area contributed by atoms with Crippen LogP contribution in [0.1, 0.15) is 31.7 Å². The van der Waals surface area contributed by atoms with E-state index in [0.29, 0.717) is 13.0 Å². The van der Waals surface area contributed by atoms with E-state index in [0.717, 1.165) is 25.0 Å². The van der Waals surface area contributed by atoms with Crippen LogP contribution in [0.3, 0.4) is 0 Å². The van der Waals surface area contributed by atoms with Crippen LogP contribution in [0.25, 0.3) is 0 Å². The minimum absolute atomic E-state index is 0.00812. The smallest absolute Gasteiger partial charge is 0.356 e. The molecule has 1 aliphatic rings. The number of hydrogen-bond acceptors (Lipinski definition) is 2. The van der Waals surface area contributed by atoms with Crippen LogP contribution in [-0.2, 0) is 15.8 Å². The normalized spacial score (nSPS) is 19.7. The first kappa shape index (κ1) is 18.6. The van der Waals surface area contributed by atoms with Crippen LogP contribution >= 0.6 is 11.6 Å². The second kappa shape index (κ2) is 7.42. The van der Waals surface area contributed by atoms with Crippen LogP contribution in [0, 0.1) is 11.8 Å². The van der Waals surface area contributed by atoms with Gasteiger partial charge in [-0.2, -0.15) is 13.2 Å². The van der Waals surface area contributed by atoms with E-state index in [1.807, 2.05) is 6.92 Å². The van der Waals surface area contributed by atoms with Gasteiger partial charge in [0.15, 0.2) is 0 Å². The van der Waals surface area contributed by atoms with E-state index in [2.05, 4.69) is 10.6 Å². The molecule has 0 saturated heterocycles. The van der Waals surface area contributed by atoms with Gasteiger partial charge in [0.1, 0.15) is 0 Å². The van der Waals surface area contributed by atoms with E-state index >= 15 is 0 Å². The molecule has 0 radical (unpaired) electrons. The summed E-state index contributed by atoms with van der Waals surface area (Å²) in [6.45, 7) is 2.56. The number of alkyl halides is 3. The monoisotopic (exact) mass is 362 g/mol. The molecule has 8 heteroatoms. The fourth-order valence-corrected chi connectivity index (χ4v) is 2.57. The Morgan fingerprint density at radius 3 is 2.54 bits per heavy atom. The maximum absolute atomic E-state index is 12.8. The molecule has 4 nitrogen and oxygen atoms in total. The third kappa shape index (κ3) is 4.63. The Kier molecular flexibility index (Phi) is 5.74. The quantitative estimate of drug-likeness (QED) is 0.755. The molecule has 0 spiro atoms. The van der Waals surface area contributed by atoms with Gasteiger partial charge in [-0.15, -0.1) is 0 Å². The van der Waals surface area contributed by atoms with Crippen molar-refractivity contribution < 1.29 is 22.8 Å². The standard InChI is InChI=1S/C16H18ClF3N2O2/c1-2-3-6-21-14(23)10-8-11(10)15(24)22-9-4-5-13(17)12(7-9)16(18,19)20/h4-5,7,10-11H,2-3,6,8H2,1H3,(H,21,23)(H,22,24). The zero-order valence-corrected chi connectivity index (χ0v) is 13.8. The van der Waals surface area contributed by atoms with Crippen molar-refractivity contribution >= 4 is 29.1 Å². The highest BCUT2D eigenvalue weighted by Crippen LogP contribution is 2.40. The lowest BCUT2D eigenvalue weighted by Crippen LogP contribution is -2.28. The number of halogens is 4. The summed E-state index contributed by atoms with van der Waals surface area (Å²) in [5.41, 5.74) is -1.000. The van der Waals surface area contributed by atoms with Crippen LogP contribution in [0.4, 0.5) is 18.9 Å². The van der Waals surface area contributed by atoms with Gasteiger partial charge in [-0.3, -0.25) is 9.59 Å². The van der Waals surface area contributed by atoms with Crippen molar-refractivity contribution in [3.8, 4) is 0 Å². The third-order valence-electron chi connectivity index (χ3n) is 3.83. The van der Waals surface area contributed by atoms with Crippen molar-refractivity contribution in [2.75, 3.05) is 11.9 Å². The molecule has 0 bridgehead atoms. The minimum atomic E-state index is -4.60. The molecule has 2 rings (SSSR count). The molecule has 1 saturated carbocycles. The summed E-state index contributed by atoms with van der Waals surface area (Å²) in [4.78, 5) is 23.9. The molecular formula is C16H18ClF3N2O2. The lowest BCUT2D eigenvalue weighted by Gasteiger charge is -2.11. The van der Waals surface area contributed by atoms with Crippen molar-refractivity contribution in [2.45, 2.75) is 32.4 Å². The Bertz CT molecular complexity index is 634. The largest absolute Gasteiger partial charge is 0.417 e. The Labute approximate surface area is 142 Å². The fraction of sp³-hybridized carbons (Fsp3) is 0.500. The number of carbonyl (C=O) groups is 2. The van der Waals surface area contributed by atoms with Crippen LogP contribution in [-0.4, -0.2) is 18.4 Å². The first-order chi connectivity index (χ1) is 11.2. The van der Waals surface area contributed by atoms with E-state index in [4.69, 9.17) is 11.6 Å². The molecule has 1 aromatic rings. The van der Waals surface area contributed by atoms with Crippen LogP contribution in [0.15, 0.2) is 18.2 Å². The summed E-state index contributed by atoms with van der Waals surface area (Å²) in [7, 11) is 0. The van der Waals surface area contributed by atoms with Crippen LogP contribution in [0.5, 0.6) is 0 Å². The molecule has 1 fully saturated rings. The summed E-state index contributed by atoms with van der Waals surface area (Å²) in [6.07, 6.45) is -2.38. The molecule has 2 N–H and O–H groups in total. The van der Waals surface area contributed by atoms with Crippen molar-refractivity contribution in [3.63, 3.8) is 0 Å². The van der Waals surface area contributed by atoms with Crippen molar-refractivity contribution in [1.29, 1.82) is 0 Å². The van der Waals surface area contributed by atoms with Crippen molar-refractivity contribution in [1.82, 2.24) is 5.32 Å². The summed E-state index contributed by atoms with van der Waals surface area (Å²) >= 11 is 5.53. The maximum atomic E-state index is 12.8. The van der Waals surface area contributed by atoms with Crippen molar-refractivity contribution in [3.05, 3.63) is 28.8 Å². The number of anilines is 1. The van der Waals surface area contributed by atoms with Crippen molar-refractivity contribution in [2.24, 2.45) is 11.8 Å². The number of benzene rings is 1. The van der Waals surface area contributed by atoms with Gasteiger partial charge in [0, 0.05) is 12.2 Å². The zero-order valence-electron chi connectivity index (χ0n) is 13.0. The molecule has 2 unspecified atom stereocenters. The average molecular weight is 363 g/mol. The van der Waals surface area contributed by atoms with E-state index in [-0.39, 0.29) is 11.6 Å². The van der Waals surface area contributed by atoms with Gasteiger partial charge in [-0.05, 0) is 31.0 Å². The predicted molar refractivity (Wildman–Crippen MR) is 84.6 cm³/mol. The Balaban J connectivity index is 1.93. The third-order valence-corrected chi connectivity index (χ3v) is 4.16. The number of nitrogens with one attached hydrogen (secondary N) is 2. The fourth-order valence-electron chi connectivity index (χ4n) is 2.35. The molecule has 2 atom stereocenters.